The molecule has 0 spiro atoms. The first-order chi connectivity index (χ1) is 10.1. The van der Waals surface area contributed by atoms with E-state index in [1.807, 2.05) is 0 Å². The summed E-state index contributed by atoms with van der Waals surface area (Å²) in [7, 11) is 0. The van der Waals surface area contributed by atoms with Crippen molar-refractivity contribution in [2.75, 3.05) is 11.9 Å². The Bertz CT molecular complexity index is 661. The molecule has 0 bridgehead atoms. The van der Waals surface area contributed by atoms with Gasteiger partial charge in [-0.15, -0.1) is 11.3 Å². The number of aromatic nitrogens is 2. The van der Waals surface area contributed by atoms with Gasteiger partial charge in [-0.3, -0.25) is 4.79 Å². The number of nitrogens with one attached hydrogen (secondary N) is 2. The molecule has 1 amide bonds. The van der Waals surface area contributed by atoms with Crippen molar-refractivity contribution in [1.82, 2.24) is 15.3 Å². The normalized spacial score (nSPS) is 15.5. The van der Waals surface area contributed by atoms with Gasteiger partial charge in [0.2, 0.25) is 5.91 Å². The van der Waals surface area contributed by atoms with Gasteiger partial charge >= 0.3 is 0 Å². The first kappa shape index (κ1) is 14.3. The summed E-state index contributed by atoms with van der Waals surface area (Å²) >= 11 is 1.66. The van der Waals surface area contributed by atoms with Crippen LogP contribution in [0.1, 0.15) is 36.1 Å². The average Bonchev–Trinajstić information content (AvgIpc) is 3.06. The molecule has 21 heavy (non-hydrogen) atoms. The van der Waals surface area contributed by atoms with Gasteiger partial charge in [-0.1, -0.05) is 12.8 Å². The number of hydrogen-bond acceptors (Lipinski definition) is 5. The predicted octanol–water partition coefficient (Wildman–Crippen LogP) is 2.78. The molecule has 0 aliphatic heterocycles. The van der Waals surface area contributed by atoms with E-state index in [4.69, 9.17) is 0 Å². The lowest BCUT2D eigenvalue weighted by molar-refractivity contribution is -0.120. The van der Waals surface area contributed by atoms with Crippen molar-refractivity contribution in [3.63, 3.8) is 0 Å². The number of aryl methyl sites for hydroxylation is 2. The van der Waals surface area contributed by atoms with Crippen molar-refractivity contribution in [1.29, 1.82) is 0 Å². The second-order valence-electron chi connectivity index (χ2n) is 5.59. The minimum Gasteiger partial charge on any atom is -0.360 e. The second-order valence-corrected chi connectivity index (χ2v) is 6.79. The molecular weight excluding hydrogens is 284 g/mol. The predicted molar refractivity (Wildman–Crippen MR) is 85.8 cm³/mol. The number of rotatable bonds is 4. The van der Waals surface area contributed by atoms with Gasteiger partial charge in [0.15, 0.2) is 0 Å². The molecule has 1 aliphatic rings. The molecule has 0 aromatic carbocycles. The maximum absolute atomic E-state index is 12.0. The number of carbonyl (C=O) groups excluding carboxylic acids is 1. The van der Waals surface area contributed by atoms with Crippen molar-refractivity contribution in [3.05, 3.63) is 16.8 Å². The largest absolute Gasteiger partial charge is 0.360 e. The van der Waals surface area contributed by atoms with Crippen LogP contribution in [0.15, 0.2) is 6.33 Å². The van der Waals surface area contributed by atoms with Gasteiger partial charge in [0.1, 0.15) is 17.0 Å². The highest BCUT2D eigenvalue weighted by Crippen LogP contribution is 2.32. The molecule has 2 aromatic rings. The summed E-state index contributed by atoms with van der Waals surface area (Å²) in [5.41, 5.74) is 1.19. The fourth-order valence-corrected chi connectivity index (χ4v) is 3.83. The van der Waals surface area contributed by atoms with Crippen LogP contribution in [-0.4, -0.2) is 28.5 Å². The molecule has 2 N–H and O–H groups in total. The molecule has 1 aliphatic carbocycles. The summed E-state index contributed by atoms with van der Waals surface area (Å²) in [4.78, 5) is 22.8. The van der Waals surface area contributed by atoms with Crippen LogP contribution in [0.25, 0.3) is 10.2 Å². The Labute approximate surface area is 128 Å². The zero-order valence-corrected chi connectivity index (χ0v) is 13.2. The number of hydrogen-bond donors (Lipinski definition) is 2. The molecule has 112 valence electrons. The highest BCUT2D eigenvalue weighted by atomic mass is 32.1. The molecular formula is C15H20N4OS. The molecule has 1 saturated carbocycles. The van der Waals surface area contributed by atoms with E-state index >= 15 is 0 Å². The van der Waals surface area contributed by atoms with Crippen LogP contribution in [0.3, 0.4) is 0 Å². The Morgan fingerprint density at radius 1 is 1.33 bits per heavy atom. The number of anilines is 1. The molecule has 1 fully saturated rings. The quantitative estimate of drug-likeness (QED) is 0.911. The Kier molecular flexibility index (Phi) is 4.05. The number of thiophene rings is 1. The third-order valence-electron chi connectivity index (χ3n) is 4.10. The molecule has 2 aromatic heterocycles. The Morgan fingerprint density at radius 2 is 2.10 bits per heavy atom. The number of carbonyl (C=O) groups is 1. The standard InChI is InChI=1S/C15H20N4OS/c1-9-10(2)21-15-13(9)14(17-8-18-15)16-7-12(20)19-11-5-3-4-6-11/h8,11H,3-7H2,1-2H3,(H,19,20)(H,16,17,18). The Balaban J connectivity index is 1.68. The van der Waals surface area contributed by atoms with Crippen molar-refractivity contribution >= 4 is 33.3 Å². The molecule has 6 heteroatoms. The van der Waals surface area contributed by atoms with Crippen LogP contribution < -0.4 is 10.6 Å². The maximum atomic E-state index is 12.0. The highest BCUT2D eigenvalue weighted by Gasteiger charge is 2.17. The lowest BCUT2D eigenvalue weighted by Gasteiger charge is -2.13. The van der Waals surface area contributed by atoms with E-state index in [0.29, 0.717) is 6.04 Å². The lowest BCUT2D eigenvalue weighted by atomic mass is 10.2. The van der Waals surface area contributed by atoms with Gasteiger partial charge < -0.3 is 10.6 Å². The third kappa shape index (κ3) is 3.00. The Morgan fingerprint density at radius 3 is 2.86 bits per heavy atom. The molecule has 0 atom stereocenters. The van der Waals surface area contributed by atoms with Gasteiger partial charge in [-0.2, -0.15) is 0 Å². The van der Waals surface area contributed by atoms with Crippen LogP contribution in [0.5, 0.6) is 0 Å². The highest BCUT2D eigenvalue weighted by molar-refractivity contribution is 7.18. The topological polar surface area (TPSA) is 66.9 Å². The smallest absolute Gasteiger partial charge is 0.239 e. The van der Waals surface area contributed by atoms with Crippen molar-refractivity contribution < 1.29 is 4.79 Å². The first-order valence-electron chi connectivity index (χ1n) is 7.39. The number of fused-ring (bicyclic) bond motifs is 1. The molecule has 0 saturated heterocycles. The minimum atomic E-state index is 0.0401. The van der Waals surface area contributed by atoms with E-state index in [1.165, 1.54) is 23.3 Å². The van der Waals surface area contributed by atoms with Crippen molar-refractivity contribution in [2.45, 2.75) is 45.6 Å². The van der Waals surface area contributed by atoms with E-state index in [-0.39, 0.29) is 12.5 Å². The maximum Gasteiger partial charge on any atom is 0.239 e. The number of amides is 1. The van der Waals surface area contributed by atoms with E-state index in [1.54, 1.807) is 17.7 Å². The summed E-state index contributed by atoms with van der Waals surface area (Å²) < 4.78 is 0. The van der Waals surface area contributed by atoms with Gasteiger partial charge in [-0.05, 0) is 32.3 Å². The lowest BCUT2D eigenvalue weighted by Crippen LogP contribution is -2.36. The summed E-state index contributed by atoms with van der Waals surface area (Å²) in [6.45, 7) is 4.41. The SMILES string of the molecule is Cc1sc2ncnc(NCC(=O)NC3CCCC3)c2c1C. The molecule has 2 heterocycles. The molecule has 5 nitrogen and oxygen atoms in total. The van der Waals surface area contributed by atoms with E-state index in [9.17, 15) is 4.79 Å². The van der Waals surface area contributed by atoms with E-state index in [0.717, 1.165) is 28.9 Å². The van der Waals surface area contributed by atoms with Gasteiger partial charge in [-0.25, -0.2) is 9.97 Å². The summed E-state index contributed by atoms with van der Waals surface area (Å²) in [5.74, 6) is 0.793. The van der Waals surface area contributed by atoms with Crippen molar-refractivity contribution in [2.24, 2.45) is 0 Å². The Hall–Kier alpha value is -1.69. The van der Waals surface area contributed by atoms with Crippen LogP contribution in [0, 0.1) is 13.8 Å². The first-order valence-corrected chi connectivity index (χ1v) is 8.20. The fraction of sp³-hybridized carbons (Fsp3) is 0.533. The minimum absolute atomic E-state index is 0.0401. The third-order valence-corrected chi connectivity index (χ3v) is 5.22. The monoisotopic (exact) mass is 304 g/mol. The van der Waals surface area contributed by atoms with Gasteiger partial charge in [0, 0.05) is 10.9 Å². The average molecular weight is 304 g/mol. The van der Waals surface area contributed by atoms with Crippen molar-refractivity contribution in [3.8, 4) is 0 Å². The molecule has 0 unspecified atom stereocenters. The molecule has 0 radical (unpaired) electrons. The van der Waals surface area contributed by atoms with E-state index < -0.39 is 0 Å². The summed E-state index contributed by atoms with van der Waals surface area (Å²) in [6, 6.07) is 0.356. The van der Waals surface area contributed by atoms with Crippen LogP contribution in [-0.2, 0) is 4.79 Å². The summed E-state index contributed by atoms with van der Waals surface area (Å²) in [5, 5.41) is 7.27. The van der Waals surface area contributed by atoms with Crippen LogP contribution >= 0.6 is 11.3 Å². The van der Waals surface area contributed by atoms with Gasteiger partial charge in [0.25, 0.3) is 0 Å². The zero-order valence-electron chi connectivity index (χ0n) is 12.4. The van der Waals surface area contributed by atoms with E-state index in [2.05, 4.69) is 34.4 Å². The summed E-state index contributed by atoms with van der Waals surface area (Å²) in [6.07, 6.45) is 6.20. The van der Waals surface area contributed by atoms with Crippen LogP contribution in [0.2, 0.25) is 0 Å². The second kappa shape index (κ2) is 5.97. The van der Waals surface area contributed by atoms with Gasteiger partial charge in [0.05, 0.1) is 11.9 Å². The van der Waals surface area contributed by atoms with Crippen LogP contribution in [0.4, 0.5) is 5.82 Å². The number of nitrogens with zero attached hydrogens (tertiary/aromatic N) is 2. The zero-order chi connectivity index (χ0) is 14.8. The molecule has 3 rings (SSSR count). The fourth-order valence-electron chi connectivity index (χ4n) is 2.83.